The van der Waals surface area contributed by atoms with Crippen molar-refractivity contribution in [3.8, 4) is 0 Å². The van der Waals surface area contributed by atoms with E-state index < -0.39 is 17.6 Å². The van der Waals surface area contributed by atoms with E-state index in [9.17, 15) is 18.0 Å². The van der Waals surface area contributed by atoms with Gasteiger partial charge in [0, 0.05) is 59.9 Å². The van der Waals surface area contributed by atoms with Gasteiger partial charge in [0.1, 0.15) is 0 Å². The Morgan fingerprint density at radius 3 is 2.49 bits per heavy atom. The number of alkyl halides is 3. The van der Waals surface area contributed by atoms with Crippen LogP contribution in [0, 0.1) is 5.92 Å². The van der Waals surface area contributed by atoms with Crippen molar-refractivity contribution >= 4 is 23.0 Å². The average molecular weight is 546 g/mol. The number of hydrogen-bond acceptors (Lipinski definition) is 7. The summed E-state index contributed by atoms with van der Waals surface area (Å²) in [6.07, 6.45) is 3.97. The van der Waals surface area contributed by atoms with Crippen LogP contribution in [0.25, 0.3) is 5.70 Å². The van der Waals surface area contributed by atoms with Gasteiger partial charge in [-0.25, -0.2) is 5.84 Å². The number of aromatic nitrogens is 1. The number of carbonyl (C=O) groups is 1. The first-order valence-corrected chi connectivity index (χ1v) is 12.6. The van der Waals surface area contributed by atoms with Gasteiger partial charge in [0.2, 0.25) is 0 Å². The lowest BCUT2D eigenvalue weighted by Gasteiger charge is -2.23. The molecule has 212 valence electrons. The first-order chi connectivity index (χ1) is 18.3. The number of halogens is 3. The van der Waals surface area contributed by atoms with Crippen molar-refractivity contribution in [1.29, 1.82) is 0 Å². The maximum absolute atomic E-state index is 13.8. The number of nitrogens with one attached hydrogen (secondary N) is 2. The number of anilines is 2. The lowest BCUT2D eigenvalue weighted by molar-refractivity contribution is -0.137. The van der Waals surface area contributed by atoms with Gasteiger partial charge >= 0.3 is 6.18 Å². The lowest BCUT2D eigenvalue weighted by Crippen LogP contribution is -2.29. The molecule has 1 aromatic carbocycles. The lowest BCUT2D eigenvalue weighted by atomic mass is 10.0. The number of allylic oxidation sites excluding steroid dienone is 2. The molecule has 0 saturated heterocycles. The quantitative estimate of drug-likeness (QED) is 0.128. The summed E-state index contributed by atoms with van der Waals surface area (Å²) in [5, 5.41) is 6.75. The van der Waals surface area contributed by atoms with Crippen LogP contribution in [-0.4, -0.2) is 48.0 Å². The molecule has 0 atom stereocenters. The van der Waals surface area contributed by atoms with E-state index in [1.54, 1.807) is 36.7 Å². The molecule has 1 amide bonds. The van der Waals surface area contributed by atoms with Gasteiger partial charge < -0.3 is 21.3 Å². The molecule has 0 aliphatic heterocycles. The number of nitrogens with zero attached hydrogens (tertiary/aromatic N) is 3. The third-order valence-corrected chi connectivity index (χ3v) is 5.61. The summed E-state index contributed by atoms with van der Waals surface area (Å²) in [6, 6.07) is 7.23. The third-order valence-electron chi connectivity index (χ3n) is 5.61. The minimum Gasteiger partial charge on any atom is -0.397 e. The molecule has 2 rings (SSSR count). The minimum atomic E-state index is -4.60. The standard InChI is InChI=1S/C28H38F3N7O/c1-6-8-20(15-26(19(2)3)38(33)18-24(32)21-9-7-12-34-17-21)27(39)36-22-10-11-25(35-13-14-37(4)5)23(16-22)28(29,30)31/h7-12,15-19,35H,6,13-14,32-33H2,1-5H3,(H,36,39)/b20-8+,24-18-,26-15+. The maximum Gasteiger partial charge on any atom is 0.418 e. The first kappa shape index (κ1) is 31.4. The van der Waals surface area contributed by atoms with Crippen LogP contribution in [-0.2, 0) is 11.0 Å². The predicted octanol–water partition coefficient (Wildman–Crippen LogP) is 5.02. The molecule has 11 heteroatoms. The highest BCUT2D eigenvalue weighted by Gasteiger charge is 2.34. The van der Waals surface area contributed by atoms with Crippen LogP contribution in [0.3, 0.4) is 0 Å². The summed E-state index contributed by atoms with van der Waals surface area (Å²) < 4.78 is 41.4. The number of benzene rings is 1. The van der Waals surface area contributed by atoms with E-state index in [2.05, 4.69) is 15.6 Å². The largest absolute Gasteiger partial charge is 0.418 e. The zero-order valence-corrected chi connectivity index (χ0v) is 23.0. The fraction of sp³-hybridized carbons (Fsp3) is 0.357. The average Bonchev–Trinajstić information content (AvgIpc) is 2.86. The van der Waals surface area contributed by atoms with Crippen molar-refractivity contribution in [2.24, 2.45) is 17.5 Å². The third kappa shape index (κ3) is 9.77. The van der Waals surface area contributed by atoms with Gasteiger partial charge in [-0.15, -0.1) is 0 Å². The van der Waals surface area contributed by atoms with Crippen molar-refractivity contribution in [1.82, 2.24) is 14.9 Å². The first-order valence-electron chi connectivity index (χ1n) is 12.6. The van der Waals surface area contributed by atoms with Gasteiger partial charge in [-0.2, -0.15) is 13.2 Å². The fourth-order valence-electron chi connectivity index (χ4n) is 3.60. The molecule has 2 aromatic rings. The maximum atomic E-state index is 13.8. The Balaban J connectivity index is 2.33. The number of likely N-dealkylation sites (N-methyl/N-ethyl adjacent to an activating group) is 1. The molecule has 0 unspecified atom stereocenters. The van der Waals surface area contributed by atoms with E-state index >= 15 is 0 Å². The van der Waals surface area contributed by atoms with Crippen molar-refractivity contribution in [3.05, 3.63) is 83.5 Å². The Morgan fingerprint density at radius 2 is 1.92 bits per heavy atom. The predicted molar refractivity (Wildman–Crippen MR) is 151 cm³/mol. The summed E-state index contributed by atoms with van der Waals surface area (Å²) in [5.41, 5.74) is 7.18. The Kier molecular flexibility index (Phi) is 11.6. The van der Waals surface area contributed by atoms with E-state index in [0.29, 0.717) is 36.5 Å². The summed E-state index contributed by atoms with van der Waals surface area (Å²) in [5.74, 6) is 5.62. The van der Waals surface area contributed by atoms with Crippen LogP contribution in [0.5, 0.6) is 0 Å². The fourth-order valence-corrected chi connectivity index (χ4v) is 3.60. The number of pyridine rings is 1. The van der Waals surface area contributed by atoms with Crippen LogP contribution in [0.1, 0.15) is 38.3 Å². The Bertz CT molecular complexity index is 1190. The smallest absolute Gasteiger partial charge is 0.397 e. The Hall–Kier alpha value is -3.83. The SMILES string of the molecule is CC/C=C(\C=C(/C(C)C)N(N)/C=C(\N)c1cccnc1)C(=O)Nc1ccc(NCCN(C)C)c(C(F)(F)F)c1. The number of hydrazine groups is 1. The summed E-state index contributed by atoms with van der Waals surface area (Å²) in [6.45, 7) is 6.56. The molecule has 0 saturated carbocycles. The van der Waals surface area contributed by atoms with Crippen molar-refractivity contribution in [2.75, 3.05) is 37.8 Å². The van der Waals surface area contributed by atoms with Gasteiger partial charge in [0.15, 0.2) is 0 Å². The monoisotopic (exact) mass is 545 g/mol. The molecular weight excluding hydrogens is 507 g/mol. The van der Waals surface area contributed by atoms with Crippen LogP contribution >= 0.6 is 0 Å². The molecular formula is C28H38F3N7O. The van der Waals surface area contributed by atoms with Gasteiger partial charge in [-0.3, -0.25) is 14.8 Å². The van der Waals surface area contributed by atoms with Gasteiger partial charge in [-0.1, -0.05) is 26.8 Å². The number of amides is 1. The molecule has 1 aromatic heterocycles. The van der Waals surface area contributed by atoms with E-state index in [-0.39, 0.29) is 22.9 Å². The second-order valence-electron chi connectivity index (χ2n) is 9.47. The molecule has 1 heterocycles. The molecule has 6 N–H and O–H groups in total. The van der Waals surface area contributed by atoms with E-state index in [1.807, 2.05) is 39.8 Å². The van der Waals surface area contributed by atoms with Crippen molar-refractivity contribution in [3.63, 3.8) is 0 Å². The molecule has 0 spiro atoms. The molecule has 0 aliphatic carbocycles. The molecule has 0 radical (unpaired) electrons. The number of carbonyl (C=O) groups excluding carboxylic acids is 1. The molecule has 0 fully saturated rings. The van der Waals surface area contributed by atoms with E-state index in [0.717, 1.165) is 6.07 Å². The van der Waals surface area contributed by atoms with E-state index in [1.165, 1.54) is 23.3 Å². The summed E-state index contributed by atoms with van der Waals surface area (Å²) in [4.78, 5) is 19.1. The van der Waals surface area contributed by atoms with Crippen LogP contribution in [0.4, 0.5) is 24.5 Å². The van der Waals surface area contributed by atoms with Gasteiger partial charge in [-0.05, 0) is 62.8 Å². The number of hydrogen-bond donors (Lipinski definition) is 4. The Labute approximate surface area is 228 Å². The highest BCUT2D eigenvalue weighted by molar-refractivity contribution is 6.06. The molecule has 39 heavy (non-hydrogen) atoms. The highest BCUT2D eigenvalue weighted by atomic mass is 19.4. The second-order valence-corrected chi connectivity index (χ2v) is 9.47. The topological polar surface area (TPSA) is 113 Å². The molecule has 8 nitrogen and oxygen atoms in total. The van der Waals surface area contributed by atoms with Crippen LogP contribution in [0.15, 0.2) is 72.3 Å². The zero-order chi connectivity index (χ0) is 29.2. The van der Waals surface area contributed by atoms with Gasteiger partial charge in [0.05, 0.1) is 11.3 Å². The van der Waals surface area contributed by atoms with Crippen LogP contribution in [0.2, 0.25) is 0 Å². The van der Waals surface area contributed by atoms with Crippen molar-refractivity contribution in [2.45, 2.75) is 33.4 Å². The van der Waals surface area contributed by atoms with Crippen molar-refractivity contribution < 1.29 is 18.0 Å². The molecule has 0 aliphatic rings. The zero-order valence-electron chi connectivity index (χ0n) is 23.0. The normalized spacial score (nSPS) is 13.2. The number of nitrogens with two attached hydrogens (primary N) is 2. The number of rotatable bonds is 12. The van der Waals surface area contributed by atoms with Gasteiger partial charge in [0.25, 0.3) is 5.91 Å². The highest BCUT2D eigenvalue weighted by Crippen LogP contribution is 2.36. The second kappa shape index (κ2) is 14.4. The minimum absolute atomic E-state index is 0.0253. The summed E-state index contributed by atoms with van der Waals surface area (Å²) in [7, 11) is 3.67. The molecule has 0 bridgehead atoms. The summed E-state index contributed by atoms with van der Waals surface area (Å²) >= 11 is 0. The Morgan fingerprint density at radius 1 is 1.21 bits per heavy atom. The van der Waals surface area contributed by atoms with Crippen LogP contribution < -0.4 is 22.2 Å². The van der Waals surface area contributed by atoms with E-state index in [4.69, 9.17) is 11.6 Å².